The number of aromatic nitrogens is 1. The summed E-state index contributed by atoms with van der Waals surface area (Å²) in [4.78, 5) is 4.41. The van der Waals surface area contributed by atoms with Gasteiger partial charge in [0, 0.05) is 12.6 Å². The predicted molar refractivity (Wildman–Crippen MR) is 80.6 cm³/mol. The molecule has 0 bridgehead atoms. The van der Waals surface area contributed by atoms with Gasteiger partial charge in [0.1, 0.15) is 5.52 Å². The minimum atomic E-state index is 0.102. The van der Waals surface area contributed by atoms with Gasteiger partial charge in [0.25, 0.3) is 6.01 Å². The summed E-state index contributed by atoms with van der Waals surface area (Å²) in [6, 6.07) is 18.6. The number of oxazole rings is 1. The molecule has 0 fully saturated rings. The Morgan fingerprint density at radius 3 is 2.55 bits per heavy atom. The molecule has 102 valence electrons. The molecular formula is C16H17N3O. The normalized spacial score (nSPS) is 12.4. The number of benzene rings is 2. The minimum absolute atomic E-state index is 0.102. The van der Waals surface area contributed by atoms with Gasteiger partial charge in [-0.3, -0.25) is 0 Å². The summed E-state index contributed by atoms with van der Waals surface area (Å²) in [6.07, 6.45) is 0.843. The Kier molecular flexibility index (Phi) is 3.65. The molecule has 0 saturated heterocycles. The summed E-state index contributed by atoms with van der Waals surface area (Å²) in [7, 11) is 0. The molecule has 2 aromatic carbocycles. The van der Waals surface area contributed by atoms with E-state index in [2.05, 4.69) is 22.4 Å². The maximum absolute atomic E-state index is 5.83. The van der Waals surface area contributed by atoms with Crippen LogP contribution in [0.4, 0.5) is 6.01 Å². The maximum atomic E-state index is 5.83. The number of anilines is 1. The van der Waals surface area contributed by atoms with Crippen molar-refractivity contribution in [3.8, 4) is 0 Å². The van der Waals surface area contributed by atoms with Crippen LogP contribution in [-0.2, 0) is 6.42 Å². The Morgan fingerprint density at radius 1 is 1.05 bits per heavy atom. The molecule has 4 nitrogen and oxygen atoms in total. The summed E-state index contributed by atoms with van der Waals surface area (Å²) < 4.78 is 5.66. The summed E-state index contributed by atoms with van der Waals surface area (Å²) >= 11 is 0. The van der Waals surface area contributed by atoms with Crippen molar-refractivity contribution in [3.05, 3.63) is 60.2 Å². The zero-order valence-corrected chi connectivity index (χ0v) is 11.1. The number of nitrogens with one attached hydrogen (secondary N) is 1. The first-order valence-corrected chi connectivity index (χ1v) is 6.71. The molecule has 3 N–H and O–H groups in total. The van der Waals surface area contributed by atoms with Gasteiger partial charge in [-0.05, 0) is 24.1 Å². The molecule has 3 aromatic rings. The molecule has 0 radical (unpaired) electrons. The maximum Gasteiger partial charge on any atom is 0.295 e. The fourth-order valence-corrected chi connectivity index (χ4v) is 2.20. The number of nitrogens with zero attached hydrogens (tertiary/aromatic N) is 1. The van der Waals surface area contributed by atoms with Crippen molar-refractivity contribution in [2.45, 2.75) is 12.5 Å². The third-order valence-corrected chi connectivity index (χ3v) is 3.23. The van der Waals surface area contributed by atoms with E-state index in [1.165, 1.54) is 5.56 Å². The average Bonchev–Trinajstić information content (AvgIpc) is 2.90. The van der Waals surface area contributed by atoms with E-state index >= 15 is 0 Å². The van der Waals surface area contributed by atoms with Crippen LogP contribution in [0.5, 0.6) is 0 Å². The predicted octanol–water partition coefficient (Wildman–Crippen LogP) is 2.81. The number of hydrogen-bond acceptors (Lipinski definition) is 4. The number of hydrogen-bond donors (Lipinski definition) is 2. The van der Waals surface area contributed by atoms with Gasteiger partial charge in [-0.1, -0.05) is 42.5 Å². The first kappa shape index (κ1) is 12.7. The van der Waals surface area contributed by atoms with Gasteiger partial charge < -0.3 is 15.5 Å². The number of rotatable bonds is 5. The van der Waals surface area contributed by atoms with E-state index in [4.69, 9.17) is 10.2 Å². The van der Waals surface area contributed by atoms with Crippen LogP contribution in [0.3, 0.4) is 0 Å². The summed E-state index contributed by atoms with van der Waals surface area (Å²) in [6.45, 7) is 0.521. The summed E-state index contributed by atoms with van der Waals surface area (Å²) in [5, 5.41) is 3.26. The van der Waals surface area contributed by atoms with Crippen LogP contribution in [-0.4, -0.2) is 17.6 Å². The smallest absolute Gasteiger partial charge is 0.295 e. The van der Waals surface area contributed by atoms with Crippen molar-refractivity contribution in [1.82, 2.24) is 4.98 Å². The van der Waals surface area contributed by atoms with E-state index in [-0.39, 0.29) is 6.04 Å². The molecule has 1 unspecified atom stereocenters. The monoisotopic (exact) mass is 267 g/mol. The Labute approximate surface area is 117 Å². The quantitative estimate of drug-likeness (QED) is 0.746. The van der Waals surface area contributed by atoms with Crippen LogP contribution in [0.25, 0.3) is 11.1 Å². The van der Waals surface area contributed by atoms with Crippen molar-refractivity contribution >= 4 is 17.1 Å². The first-order valence-electron chi connectivity index (χ1n) is 6.71. The van der Waals surface area contributed by atoms with E-state index in [1.807, 2.05) is 42.5 Å². The lowest BCUT2D eigenvalue weighted by Crippen LogP contribution is -2.31. The van der Waals surface area contributed by atoms with Crippen LogP contribution in [0.1, 0.15) is 5.56 Å². The van der Waals surface area contributed by atoms with Crippen molar-refractivity contribution < 1.29 is 4.42 Å². The Balaban J connectivity index is 1.74. The van der Waals surface area contributed by atoms with E-state index in [1.54, 1.807) is 0 Å². The molecule has 0 amide bonds. The molecule has 1 atom stereocenters. The molecule has 0 aliphatic rings. The molecule has 0 saturated carbocycles. The van der Waals surface area contributed by atoms with Crippen molar-refractivity contribution in [1.29, 1.82) is 0 Å². The fraction of sp³-hybridized carbons (Fsp3) is 0.188. The van der Waals surface area contributed by atoms with E-state index in [0.717, 1.165) is 17.5 Å². The number of nitrogens with two attached hydrogens (primary N) is 1. The standard InChI is InChI=1S/C16H17N3O/c17-11-13(10-12-6-2-1-3-7-12)18-16-19-14-8-4-5-9-15(14)20-16/h1-9,13H,10-11,17H2,(H,18,19). The molecule has 0 spiro atoms. The minimum Gasteiger partial charge on any atom is -0.424 e. The van der Waals surface area contributed by atoms with Gasteiger partial charge in [0.05, 0.1) is 0 Å². The van der Waals surface area contributed by atoms with Crippen molar-refractivity contribution in [2.75, 3.05) is 11.9 Å². The highest BCUT2D eigenvalue weighted by atomic mass is 16.4. The fourth-order valence-electron chi connectivity index (χ4n) is 2.20. The van der Waals surface area contributed by atoms with Gasteiger partial charge in [0.15, 0.2) is 5.58 Å². The third-order valence-electron chi connectivity index (χ3n) is 3.23. The summed E-state index contributed by atoms with van der Waals surface area (Å²) in [5.41, 5.74) is 8.71. The van der Waals surface area contributed by atoms with E-state index < -0.39 is 0 Å². The van der Waals surface area contributed by atoms with Crippen LogP contribution in [0.2, 0.25) is 0 Å². The molecule has 4 heteroatoms. The second kappa shape index (κ2) is 5.75. The Bertz CT molecular complexity index is 645. The van der Waals surface area contributed by atoms with Crippen LogP contribution >= 0.6 is 0 Å². The second-order valence-corrected chi connectivity index (χ2v) is 4.75. The highest BCUT2D eigenvalue weighted by Crippen LogP contribution is 2.19. The van der Waals surface area contributed by atoms with E-state index in [0.29, 0.717) is 12.6 Å². The molecule has 20 heavy (non-hydrogen) atoms. The van der Waals surface area contributed by atoms with Crippen LogP contribution in [0.15, 0.2) is 59.0 Å². The molecule has 1 aromatic heterocycles. The number of fused-ring (bicyclic) bond motifs is 1. The SMILES string of the molecule is NCC(Cc1ccccc1)Nc1nc2ccccc2o1. The highest BCUT2D eigenvalue weighted by Gasteiger charge is 2.11. The van der Waals surface area contributed by atoms with Gasteiger partial charge in [-0.25, -0.2) is 0 Å². The van der Waals surface area contributed by atoms with Gasteiger partial charge in [0.2, 0.25) is 0 Å². The van der Waals surface area contributed by atoms with Gasteiger partial charge in [-0.15, -0.1) is 0 Å². The van der Waals surface area contributed by atoms with Crippen molar-refractivity contribution in [2.24, 2.45) is 5.73 Å². The lowest BCUT2D eigenvalue weighted by atomic mass is 10.1. The van der Waals surface area contributed by atoms with Crippen LogP contribution < -0.4 is 11.1 Å². The second-order valence-electron chi connectivity index (χ2n) is 4.75. The Hall–Kier alpha value is -2.33. The molecular weight excluding hydrogens is 250 g/mol. The van der Waals surface area contributed by atoms with Gasteiger partial charge in [-0.2, -0.15) is 4.98 Å². The highest BCUT2D eigenvalue weighted by molar-refractivity contribution is 5.74. The lowest BCUT2D eigenvalue weighted by Gasteiger charge is -2.15. The average molecular weight is 267 g/mol. The zero-order chi connectivity index (χ0) is 13.8. The van der Waals surface area contributed by atoms with Gasteiger partial charge >= 0.3 is 0 Å². The molecule has 3 rings (SSSR count). The van der Waals surface area contributed by atoms with Crippen LogP contribution in [0, 0.1) is 0 Å². The summed E-state index contributed by atoms with van der Waals surface area (Å²) in [5.74, 6) is 0. The largest absolute Gasteiger partial charge is 0.424 e. The topological polar surface area (TPSA) is 64.1 Å². The molecule has 0 aliphatic carbocycles. The molecule has 1 heterocycles. The zero-order valence-electron chi connectivity index (χ0n) is 11.1. The van der Waals surface area contributed by atoms with Crippen molar-refractivity contribution in [3.63, 3.8) is 0 Å². The third kappa shape index (κ3) is 2.81. The molecule has 0 aliphatic heterocycles. The first-order chi connectivity index (χ1) is 9.85. The lowest BCUT2D eigenvalue weighted by molar-refractivity contribution is 0.590. The Morgan fingerprint density at radius 2 is 1.80 bits per heavy atom. The number of para-hydroxylation sites is 2. The van der Waals surface area contributed by atoms with E-state index in [9.17, 15) is 0 Å².